The van der Waals surface area contributed by atoms with Crippen molar-refractivity contribution in [2.45, 2.75) is 73.6 Å². The number of anilines is 2. The Morgan fingerprint density at radius 1 is 0.917 bits per heavy atom. The third-order valence-corrected chi connectivity index (χ3v) is 5.34. The summed E-state index contributed by atoms with van der Waals surface area (Å²) in [5.41, 5.74) is 4.75. The first-order valence-electron chi connectivity index (χ1n) is 13.3. The number of phenolic OH excluding ortho intramolecular Hbond substituents is 1. The van der Waals surface area contributed by atoms with Crippen molar-refractivity contribution in [2.24, 2.45) is 0 Å². The third-order valence-electron chi connectivity index (χ3n) is 5.34. The molecule has 0 spiro atoms. The van der Waals surface area contributed by atoms with Crippen molar-refractivity contribution in [3.05, 3.63) is 60.2 Å². The molecule has 2 aromatic carbocycles. The predicted molar refractivity (Wildman–Crippen MR) is 159 cm³/mol. The Kier molecular flexibility index (Phi) is 17.9. The van der Waals surface area contributed by atoms with Crippen LogP contribution in [0.15, 0.2) is 49.0 Å². The molecule has 202 valence electrons. The zero-order valence-corrected chi connectivity index (χ0v) is 24.2. The van der Waals surface area contributed by atoms with Gasteiger partial charge in [-0.1, -0.05) is 58.4 Å². The summed E-state index contributed by atoms with van der Waals surface area (Å²) in [5, 5.41) is 13.7. The Labute approximate surface area is 221 Å². The Morgan fingerprint density at radius 2 is 1.50 bits per heavy atom. The average Bonchev–Trinajstić information content (AvgIpc) is 2.82. The van der Waals surface area contributed by atoms with Gasteiger partial charge >= 0.3 is 0 Å². The topological polar surface area (TPSA) is 55.8 Å². The molecular formula is C31H51N3O2. The lowest BCUT2D eigenvalue weighted by atomic mass is 10.1. The molecule has 0 bridgehead atoms. The monoisotopic (exact) mass is 497 g/mol. The van der Waals surface area contributed by atoms with Crippen LogP contribution in [-0.2, 0) is 4.79 Å². The fraction of sp³-hybridized carbons (Fsp3) is 0.516. The lowest BCUT2D eigenvalue weighted by Gasteiger charge is -2.25. The van der Waals surface area contributed by atoms with E-state index in [4.69, 9.17) is 0 Å². The molecule has 0 aromatic heterocycles. The second-order valence-electron chi connectivity index (χ2n) is 9.53. The maximum Gasteiger partial charge on any atom is 0.126 e. The van der Waals surface area contributed by atoms with Gasteiger partial charge in [0.25, 0.3) is 0 Å². The lowest BCUT2D eigenvalue weighted by Crippen LogP contribution is -2.25. The van der Waals surface area contributed by atoms with E-state index in [1.807, 2.05) is 30.3 Å². The van der Waals surface area contributed by atoms with E-state index in [0.717, 1.165) is 42.0 Å². The molecule has 2 N–H and O–H groups in total. The van der Waals surface area contributed by atoms with Gasteiger partial charge in [-0.15, -0.1) is 0 Å². The quantitative estimate of drug-likeness (QED) is 0.314. The number of hydrogen-bond donors (Lipinski definition) is 2. The first kappa shape index (κ1) is 33.2. The first-order valence-corrected chi connectivity index (χ1v) is 13.3. The van der Waals surface area contributed by atoms with Crippen molar-refractivity contribution in [2.75, 3.05) is 43.9 Å². The highest BCUT2D eigenvalue weighted by Gasteiger charge is 2.12. The normalized spacial score (nSPS) is 10.0. The fourth-order valence-electron chi connectivity index (χ4n) is 3.37. The Balaban J connectivity index is 0.000000932. The van der Waals surface area contributed by atoms with E-state index in [2.05, 4.69) is 69.6 Å². The maximum atomic E-state index is 10.3. The zero-order valence-electron chi connectivity index (χ0n) is 24.2. The summed E-state index contributed by atoms with van der Waals surface area (Å²) in [4.78, 5) is 14.0. The lowest BCUT2D eigenvalue weighted by molar-refractivity contribution is -0.114. The average molecular weight is 498 g/mol. The molecule has 0 saturated heterocycles. The first-order chi connectivity index (χ1) is 17.1. The van der Waals surface area contributed by atoms with Crippen molar-refractivity contribution in [3.8, 4) is 5.75 Å². The number of para-hydroxylation sites is 1. The van der Waals surface area contributed by atoms with E-state index < -0.39 is 0 Å². The van der Waals surface area contributed by atoms with Crippen LogP contribution < -0.4 is 10.2 Å². The largest absolute Gasteiger partial charge is 0.507 e. The molecule has 36 heavy (non-hydrogen) atoms. The van der Waals surface area contributed by atoms with Crippen molar-refractivity contribution >= 4 is 22.9 Å². The number of benzene rings is 2. The van der Waals surface area contributed by atoms with Crippen LogP contribution in [0.5, 0.6) is 5.75 Å². The fourth-order valence-corrected chi connectivity index (χ4v) is 3.37. The number of unbranched alkanes of at least 4 members (excludes halogenated alkanes) is 2. The molecule has 0 heterocycles. The summed E-state index contributed by atoms with van der Waals surface area (Å²) in [6, 6.07) is 13.9. The Morgan fingerprint density at radius 3 is 2.00 bits per heavy atom. The van der Waals surface area contributed by atoms with Crippen molar-refractivity contribution in [1.82, 2.24) is 4.90 Å². The van der Waals surface area contributed by atoms with Crippen LogP contribution in [0.25, 0.3) is 5.70 Å². The van der Waals surface area contributed by atoms with E-state index >= 15 is 0 Å². The summed E-state index contributed by atoms with van der Waals surface area (Å²) in [7, 11) is 4.21. The van der Waals surface area contributed by atoms with E-state index in [-0.39, 0.29) is 11.5 Å². The number of rotatable bonds is 12. The van der Waals surface area contributed by atoms with Crippen LogP contribution in [0.4, 0.5) is 11.4 Å². The molecule has 0 fully saturated rings. The second kappa shape index (κ2) is 19.4. The number of nitrogens with zero attached hydrogens (tertiary/aromatic N) is 2. The molecule has 0 saturated carbocycles. The molecule has 2 rings (SSSR count). The van der Waals surface area contributed by atoms with Gasteiger partial charge in [0, 0.05) is 35.7 Å². The van der Waals surface area contributed by atoms with Crippen LogP contribution in [0.2, 0.25) is 0 Å². The summed E-state index contributed by atoms with van der Waals surface area (Å²) in [6.45, 7) is 19.1. The molecule has 0 atom stereocenters. The van der Waals surface area contributed by atoms with Crippen LogP contribution in [0, 0.1) is 6.92 Å². The predicted octanol–water partition coefficient (Wildman–Crippen LogP) is 7.74. The van der Waals surface area contributed by atoms with E-state index in [1.165, 1.54) is 46.1 Å². The van der Waals surface area contributed by atoms with Gasteiger partial charge in [-0.05, 0) is 90.5 Å². The molecule has 0 aliphatic heterocycles. The van der Waals surface area contributed by atoms with Gasteiger partial charge in [0.05, 0.1) is 0 Å². The highest BCUT2D eigenvalue weighted by atomic mass is 16.3. The smallest absolute Gasteiger partial charge is 0.126 e. The van der Waals surface area contributed by atoms with Crippen molar-refractivity contribution < 1.29 is 9.90 Å². The summed E-state index contributed by atoms with van der Waals surface area (Å²) < 4.78 is 0. The minimum Gasteiger partial charge on any atom is -0.507 e. The number of aromatic hydroxyl groups is 1. The number of phenols is 1. The summed E-state index contributed by atoms with van der Waals surface area (Å²) >= 11 is 0. The van der Waals surface area contributed by atoms with Gasteiger partial charge in [0.15, 0.2) is 0 Å². The highest BCUT2D eigenvalue weighted by molar-refractivity contribution is 5.81. The summed E-state index contributed by atoms with van der Waals surface area (Å²) in [6.07, 6.45) is 6.07. The molecule has 0 aliphatic rings. The van der Waals surface area contributed by atoms with Crippen LogP contribution in [0.1, 0.15) is 77.8 Å². The molecule has 0 aliphatic carbocycles. The third kappa shape index (κ3) is 14.6. The summed E-state index contributed by atoms with van der Waals surface area (Å²) in [5.74, 6) is 0.418. The van der Waals surface area contributed by atoms with Gasteiger partial charge in [0.2, 0.25) is 0 Å². The Hall–Kier alpha value is -2.79. The van der Waals surface area contributed by atoms with E-state index in [1.54, 1.807) is 6.07 Å². The van der Waals surface area contributed by atoms with Crippen LogP contribution >= 0.6 is 0 Å². The number of Topliss-reactive ketones (excluding diaryl/α,β-unsaturated/α-hetero) is 1. The SMILES string of the molecule is C=C(Nc1ccccc1C)c1cc(N(CCC)CCCC)ccc1O.CC(C)=O.CCCCN(C)C. The number of carbonyl (C=O) groups is 1. The van der Waals surface area contributed by atoms with Gasteiger partial charge in [-0.25, -0.2) is 0 Å². The molecule has 5 nitrogen and oxygen atoms in total. The Bertz CT molecular complexity index is 889. The number of aryl methyl sites for hydroxylation is 1. The molecular weight excluding hydrogens is 446 g/mol. The van der Waals surface area contributed by atoms with Crippen LogP contribution in [-0.4, -0.2) is 49.5 Å². The van der Waals surface area contributed by atoms with Crippen molar-refractivity contribution in [3.63, 3.8) is 0 Å². The highest BCUT2D eigenvalue weighted by Crippen LogP contribution is 2.31. The number of ketones is 1. The van der Waals surface area contributed by atoms with Gasteiger partial charge < -0.3 is 25.0 Å². The second-order valence-corrected chi connectivity index (χ2v) is 9.53. The number of nitrogens with one attached hydrogen (secondary N) is 1. The van der Waals surface area contributed by atoms with E-state index in [0.29, 0.717) is 5.70 Å². The minimum absolute atomic E-state index is 0.167. The minimum atomic E-state index is 0.167. The van der Waals surface area contributed by atoms with Crippen LogP contribution in [0.3, 0.4) is 0 Å². The van der Waals surface area contributed by atoms with E-state index in [9.17, 15) is 9.90 Å². The standard InChI is InChI=1S/C22H30N2O.C6H15N.C3H6O/c1-5-7-15-24(14-6-2)19-12-13-22(25)20(16-19)18(4)23-21-11-9-8-10-17(21)3;1-4-5-6-7(2)3;1-3(2)4/h8-13,16,23,25H,4-7,14-15H2,1-3H3;4-6H2,1-3H3;1-2H3. The molecule has 0 unspecified atom stereocenters. The molecule has 5 heteroatoms. The van der Waals surface area contributed by atoms with Gasteiger partial charge in [-0.3, -0.25) is 0 Å². The number of hydrogen-bond acceptors (Lipinski definition) is 5. The molecule has 2 aromatic rings. The molecule has 0 amide bonds. The van der Waals surface area contributed by atoms with Gasteiger partial charge in [-0.2, -0.15) is 0 Å². The maximum absolute atomic E-state index is 10.3. The van der Waals surface area contributed by atoms with Gasteiger partial charge in [0.1, 0.15) is 11.5 Å². The number of carbonyl (C=O) groups excluding carboxylic acids is 1. The zero-order chi connectivity index (χ0) is 27.5. The molecule has 0 radical (unpaired) electrons. The van der Waals surface area contributed by atoms with Crippen molar-refractivity contribution in [1.29, 1.82) is 0 Å².